The summed E-state index contributed by atoms with van der Waals surface area (Å²) in [6, 6.07) is 41.3. The van der Waals surface area contributed by atoms with Gasteiger partial charge in [-0.2, -0.15) is 0 Å². The van der Waals surface area contributed by atoms with Gasteiger partial charge in [-0.05, 0) is 67.6 Å². The molecular weight excluding hydrogens is 793 g/mol. The van der Waals surface area contributed by atoms with E-state index in [0.717, 1.165) is 4.90 Å². The van der Waals surface area contributed by atoms with E-state index in [9.17, 15) is 29.4 Å². The smallest absolute Gasteiger partial charge is 0.338 e. The summed E-state index contributed by atoms with van der Waals surface area (Å²) in [4.78, 5) is 55.7. The predicted molar refractivity (Wildman–Crippen MR) is 216 cm³/mol. The first kappa shape index (κ1) is 42.3. The molecule has 5 aromatic rings. The first-order valence-electron chi connectivity index (χ1n) is 19.2. The third-order valence-corrected chi connectivity index (χ3v) is 11.0. The lowest BCUT2D eigenvalue weighted by Gasteiger charge is -2.47. The van der Waals surface area contributed by atoms with Crippen molar-refractivity contribution >= 4 is 35.6 Å². The maximum Gasteiger partial charge on any atom is 0.338 e. The van der Waals surface area contributed by atoms with Crippen molar-refractivity contribution in [3.8, 4) is 0 Å². The van der Waals surface area contributed by atoms with E-state index in [1.807, 2.05) is 30.3 Å². The van der Waals surface area contributed by atoms with E-state index in [2.05, 4.69) is 0 Å². The topological polar surface area (TPSA) is 173 Å². The lowest BCUT2D eigenvalue weighted by molar-refractivity contribution is -0.333. The number of carbonyl (C=O) groups is 4. The van der Waals surface area contributed by atoms with E-state index >= 15 is 0 Å². The highest BCUT2D eigenvalue weighted by atomic mass is 32.2. The number of aliphatic hydroxyl groups excluding tert-OH is 2. The molecule has 5 aromatic carbocycles. The Balaban J connectivity index is 1.27. The standard InChI is InChI=1S/C46H42O13S/c1-28-37(35(47)36(48)46(54-28)60-33-25-15-6-16-26-33)59-45-40(58-44(52)32-23-13-5-14-24-32)39(57-43(51)31-21-11-4-12-22-31)38(56-42(50)30-19-9-3-10-20-30)34(55-45)27-53-41(49)29-17-7-2-8-18-29/h2-26,28,34-40,45-48H,27H2,1H3/t28-,34+,35-,36+,37-,38+,39-,40+,45-,46-/m0/s1. The van der Waals surface area contributed by atoms with Gasteiger partial charge in [0.2, 0.25) is 0 Å². The van der Waals surface area contributed by atoms with Crippen LogP contribution in [0.1, 0.15) is 48.4 Å². The lowest BCUT2D eigenvalue weighted by Crippen LogP contribution is -2.65. The van der Waals surface area contributed by atoms with Crippen molar-refractivity contribution in [2.45, 2.75) is 72.4 Å². The minimum absolute atomic E-state index is 0.115. The summed E-state index contributed by atoms with van der Waals surface area (Å²) in [7, 11) is 0. The highest BCUT2D eigenvalue weighted by Crippen LogP contribution is 2.37. The van der Waals surface area contributed by atoms with Crippen molar-refractivity contribution in [3.63, 3.8) is 0 Å². The molecular formula is C46H42O13S. The van der Waals surface area contributed by atoms with Crippen LogP contribution in [0.4, 0.5) is 0 Å². The predicted octanol–water partition coefficient (Wildman–Crippen LogP) is 5.89. The van der Waals surface area contributed by atoms with Crippen LogP contribution in [0.5, 0.6) is 0 Å². The van der Waals surface area contributed by atoms with E-state index in [4.69, 9.17) is 33.2 Å². The van der Waals surface area contributed by atoms with Crippen LogP contribution in [-0.4, -0.2) is 101 Å². The second-order valence-electron chi connectivity index (χ2n) is 13.9. The molecule has 2 fully saturated rings. The summed E-state index contributed by atoms with van der Waals surface area (Å²) < 4.78 is 43.1. The number of hydrogen-bond donors (Lipinski definition) is 2. The Kier molecular flexibility index (Phi) is 14.0. The molecule has 2 saturated heterocycles. The molecule has 0 amide bonds. The number of esters is 4. The fraction of sp³-hybridized carbons (Fsp3) is 0.261. The van der Waals surface area contributed by atoms with Crippen LogP contribution in [0.25, 0.3) is 0 Å². The van der Waals surface area contributed by atoms with E-state index in [0.29, 0.717) is 0 Å². The SMILES string of the molecule is C[C@@H]1O[C@@H](Sc2ccccc2)[C@H](O)[C@H](O)[C@H]1O[C@@H]1O[C@H](COC(=O)c2ccccc2)[C@@H](OC(=O)c2ccccc2)[C@H](OC(=O)c2ccccc2)[C@H]1OC(=O)c1ccccc1. The molecule has 10 atom stereocenters. The van der Waals surface area contributed by atoms with Gasteiger partial charge in [-0.25, -0.2) is 19.2 Å². The third kappa shape index (κ3) is 10.3. The van der Waals surface area contributed by atoms with Gasteiger partial charge in [-0.1, -0.05) is 103 Å². The molecule has 0 radical (unpaired) electrons. The first-order valence-corrected chi connectivity index (χ1v) is 20.1. The third-order valence-electron chi connectivity index (χ3n) is 9.80. The van der Waals surface area contributed by atoms with Crippen LogP contribution >= 0.6 is 11.8 Å². The molecule has 0 saturated carbocycles. The first-order chi connectivity index (χ1) is 29.2. The molecule has 0 unspecified atom stereocenters. The van der Waals surface area contributed by atoms with Gasteiger partial charge in [0.25, 0.3) is 0 Å². The maximum atomic E-state index is 13.9. The molecule has 2 aliphatic rings. The minimum Gasteiger partial charge on any atom is -0.459 e. The Morgan fingerprint density at radius 1 is 0.517 bits per heavy atom. The lowest BCUT2D eigenvalue weighted by atomic mass is 9.96. The normalized spacial score (nSPS) is 26.2. The highest BCUT2D eigenvalue weighted by molar-refractivity contribution is 7.99. The van der Waals surface area contributed by atoms with E-state index in [1.54, 1.807) is 91.9 Å². The Morgan fingerprint density at radius 3 is 1.42 bits per heavy atom. The number of ether oxygens (including phenoxy) is 7. The summed E-state index contributed by atoms with van der Waals surface area (Å²) in [6.07, 6.45) is -13.4. The summed E-state index contributed by atoms with van der Waals surface area (Å²) in [6.45, 7) is 1.05. The van der Waals surface area contributed by atoms with Gasteiger partial charge in [0, 0.05) is 4.90 Å². The van der Waals surface area contributed by atoms with Crippen molar-refractivity contribution in [1.29, 1.82) is 0 Å². The zero-order valence-corrected chi connectivity index (χ0v) is 33.0. The van der Waals surface area contributed by atoms with Crippen molar-refractivity contribution in [2.24, 2.45) is 0 Å². The van der Waals surface area contributed by atoms with E-state index in [1.165, 1.54) is 48.2 Å². The molecule has 2 aliphatic heterocycles. The van der Waals surface area contributed by atoms with Crippen LogP contribution in [0, 0.1) is 0 Å². The Bertz CT molecular complexity index is 2180. The number of thioether (sulfide) groups is 1. The zero-order valence-electron chi connectivity index (χ0n) is 32.2. The summed E-state index contributed by atoms with van der Waals surface area (Å²) in [5.74, 6) is -3.36. The second kappa shape index (κ2) is 19.9. The van der Waals surface area contributed by atoms with Crippen molar-refractivity contribution in [2.75, 3.05) is 6.61 Å². The molecule has 13 nitrogen and oxygen atoms in total. The molecule has 2 heterocycles. The number of rotatable bonds is 13. The fourth-order valence-electron chi connectivity index (χ4n) is 6.72. The van der Waals surface area contributed by atoms with Gasteiger partial charge in [0.1, 0.15) is 36.5 Å². The summed E-state index contributed by atoms with van der Waals surface area (Å²) in [5.41, 5.74) is -0.317. The molecule has 7 rings (SSSR count). The number of carbonyl (C=O) groups excluding carboxylic acids is 4. The van der Waals surface area contributed by atoms with Crippen LogP contribution in [0.15, 0.2) is 157 Å². The monoisotopic (exact) mass is 834 g/mol. The highest BCUT2D eigenvalue weighted by Gasteiger charge is 2.56. The molecule has 0 spiro atoms. The molecule has 0 aliphatic carbocycles. The van der Waals surface area contributed by atoms with Gasteiger partial charge >= 0.3 is 23.9 Å². The molecule has 0 bridgehead atoms. The summed E-state index contributed by atoms with van der Waals surface area (Å²) in [5, 5.41) is 22.9. The molecule has 14 heteroatoms. The van der Waals surface area contributed by atoms with Gasteiger partial charge in [0.05, 0.1) is 28.4 Å². The van der Waals surface area contributed by atoms with E-state index in [-0.39, 0.29) is 22.3 Å². The van der Waals surface area contributed by atoms with E-state index < -0.39 is 91.0 Å². The Hall–Kier alpha value is -5.87. The van der Waals surface area contributed by atoms with Gasteiger partial charge < -0.3 is 43.4 Å². The van der Waals surface area contributed by atoms with Gasteiger partial charge in [-0.15, -0.1) is 0 Å². The number of aliphatic hydroxyl groups is 2. The molecule has 60 heavy (non-hydrogen) atoms. The summed E-state index contributed by atoms with van der Waals surface area (Å²) >= 11 is 1.21. The van der Waals surface area contributed by atoms with Crippen LogP contribution in [-0.2, 0) is 33.2 Å². The Morgan fingerprint density at radius 2 is 0.933 bits per heavy atom. The second-order valence-corrected chi connectivity index (χ2v) is 15.1. The largest absolute Gasteiger partial charge is 0.459 e. The average Bonchev–Trinajstić information content (AvgIpc) is 3.29. The Labute approximate surface area is 350 Å². The zero-order chi connectivity index (χ0) is 42.0. The van der Waals surface area contributed by atoms with Crippen LogP contribution in [0.3, 0.4) is 0 Å². The van der Waals surface area contributed by atoms with Crippen LogP contribution in [0.2, 0.25) is 0 Å². The van der Waals surface area contributed by atoms with Crippen molar-refractivity contribution < 1.29 is 62.5 Å². The average molecular weight is 835 g/mol. The number of benzene rings is 5. The minimum atomic E-state index is -1.71. The van der Waals surface area contributed by atoms with Crippen LogP contribution < -0.4 is 0 Å². The quantitative estimate of drug-likeness (QED) is 0.106. The van der Waals surface area contributed by atoms with Crippen molar-refractivity contribution in [1.82, 2.24) is 0 Å². The maximum absolute atomic E-state index is 13.9. The van der Waals surface area contributed by atoms with Gasteiger partial charge in [-0.3, -0.25) is 0 Å². The van der Waals surface area contributed by atoms with Crippen molar-refractivity contribution in [3.05, 3.63) is 174 Å². The molecule has 310 valence electrons. The number of hydrogen-bond acceptors (Lipinski definition) is 14. The van der Waals surface area contributed by atoms with Gasteiger partial charge in [0.15, 0.2) is 24.6 Å². The molecule has 0 aromatic heterocycles. The molecule has 2 N–H and O–H groups in total. The fourth-order valence-corrected chi connectivity index (χ4v) is 7.83.